The highest BCUT2D eigenvalue weighted by molar-refractivity contribution is 5.80. The van der Waals surface area contributed by atoms with Gasteiger partial charge in [0.2, 0.25) is 5.91 Å². The maximum absolute atomic E-state index is 12.7. The maximum Gasteiger partial charge on any atom is 0.308 e. The van der Waals surface area contributed by atoms with Crippen LogP contribution in [-0.4, -0.2) is 35.0 Å². The van der Waals surface area contributed by atoms with Crippen LogP contribution in [0.5, 0.6) is 0 Å². The maximum atomic E-state index is 12.7. The highest BCUT2D eigenvalue weighted by Crippen LogP contribution is 2.29. The molecule has 0 aromatic heterocycles. The van der Waals surface area contributed by atoms with Gasteiger partial charge in [0.15, 0.2) is 0 Å². The lowest BCUT2D eigenvalue weighted by Crippen LogP contribution is -2.31. The first-order chi connectivity index (χ1) is 11.6. The van der Waals surface area contributed by atoms with Crippen LogP contribution in [0.4, 0.5) is 0 Å². The molecule has 2 aromatic rings. The number of benzene rings is 2. The van der Waals surface area contributed by atoms with Gasteiger partial charge >= 0.3 is 5.97 Å². The summed E-state index contributed by atoms with van der Waals surface area (Å²) in [6.45, 7) is 0.858. The fraction of sp³-hybridized carbons (Fsp3) is 0.300. The fourth-order valence-electron chi connectivity index (χ4n) is 3.29. The average Bonchev–Trinajstić information content (AvgIpc) is 3.11. The molecule has 1 saturated heterocycles. The number of carbonyl (C=O) groups is 2. The van der Waals surface area contributed by atoms with Crippen molar-refractivity contribution in [2.75, 3.05) is 13.1 Å². The van der Waals surface area contributed by atoms with Crippen molar-refractivity contribution in [1.82, 2.24) is 4.90 Å². The Morgan fingerprint density at radius 2 is 1.54 bits per heavy atom. The zero-order chi connectivity index (χ0) is 16.9. The number of aliphatic carboxylic acids is 1. The molecule has 0 spiro atoms. The second kappa shape index (κ2) is 7.30. The smallest absolute Gasteiger partial charge is 0.308 e. The van der Waals surface area contributed by atoms with Crippen molar-refractivity contribution in [3.05, 3.63) is 71.8 Å². The van der Waals surface area contributed by atoms with E-state index in [4.69, 9.17) is 5.11 Å². The molecule has 1 fully saturated rings. The Bertz CT molecular complexity index is 660. The van der Waals surface area contributed by atoms with Crippen LogP contribution in [0.1, 0.15) is 29.9 Å². The molecule has 1 aliphatic rings. The predicted octanol–water partition coefficient (Wildman–Crippen LogP) is 3.14. The lowest BCUT2D eigenvalue weighted by Gasteiger charge is -2.22. The van der Waals surface area contributed by atoms with Crippen molar-refractivity contribution in [2.45, 2.75) is 18.8 Å². The monoisotopic (exact) mass is 323 g/mol. The van der Waals surface area contributed by atoms with Gasteiger partial charge in [-0.2, -0.15) is 0 Å². The van der Waals surface area contributed by atoms with E-state index in [9.17, 15) is 9.59 Å². The zero-order valence-electron chi connectivity index (χ0n) is 13.5. The summed E-state index contributed by atoms with van der Waals surface area (Å²) in [5.74, 6) is -1.23. The van der Waals surface area contributed by atoms with E-state index in [0.29, 0.717) is 25.9 Å². The third kappa shape index (κ3) is 3.65. The summed E-state index contributed by atoms with van der Waals surface area (Å²) in [5.41, 5.74) is 2.21. The number of carbonyl (C=O) groups excluding carboxylic acids is 1. The largest absolute Gasteiger partial charge is 0.481 e. The van der Waals surface area contributed by atoms with Crippen LogP contribution in [0.15, 0.2) is 60.7 Å². The summed E-state index contributed by atoms with van der Waals surface area (Å²) in [4.78, 5) is 25.5. The molecule has 0 unspecified atom stereocenters. The van der Waals surface area contributed by atoms with Crippen molar-refractivity contribution >= 4 is 11.9 Å². The van der Waals surface area contributed by atoms with Crippen LogP contribution in [0.25, 0.3) is 0 Å². The zero-order valence-corrected chi connectivity index (χ0v) is 13.5. The summed E-state index contributed by atoms with van der Waals surface area (Å²) in [7, 11) is 0. The molecule has 1 amide bonds. The number of carboxylic acids is 1. The van der Waals surface area contributed by atoms with Crippen LogP contribution in [0.2, 0.25) is 0 Å². The fourth-order valence-corrected chi connectivity index (χ4v) is 3.29. The number of rotatable bonds is 5. The first kappa shape index (κ1) is 16.2. The second-order valence-corrected chi connectivity index (χ2v) is 6.24. The second-order valence-electron chi connectivity index (χ2n) is 6.24. The third-order valence-corrected chi connectivity index (χ3v) is 4.67. The van der Waals surface area contributed by atoms with Crippen molar-refractivity contribution in [2.24, 2.45) is 5.92 Å². The van der Waals surface area contributed by atoms with Gasteiger partial charge in [0.1, 0.15) is 0 Å². The van der Waals surface area contributed by atoms with Crippen LogP contribution in [0, 0.1) is 5.92 Å². The molecule has 1 atom stereocenters. The Hall–Kier alpha value is -2.62. The first-order valence-electron chi connectivity index (χ1n) is 8.25. The van der Waals surface area contributed by atoms with E-state index in [0.717, 1.165) is 11.1 Å². The number of hydrogen-bond donors (Lipinski definition) is 1. The van der Waals surface area contributed by atoms with Gasteiger partial charge in [-0.05, 0) is 17.5 Å². The standard InChI is InChI=1S/C20H21NO3/c22-19(21-12-11-17(14-21)20(23)24)13-18(15-7-3-1-4-8-15)16-9-5-2-6-10-16/h1-10,17-18H,11-14H2,(H,23,24)/t17-/m0/s1. The van der Waals surface area contributed by atoms with E-state index in [1.54, 1.807) is 4.90 Å². The topological polar surface area (TPSA) is 57.6 Å². The lowest BCUT2D eigenvalue weighted by atomic mass is 9.88. The Labute approximate surface area is 141 Å². The van der Waals surface area contributed by atoms with Gasteiger partial charge in [0.25, 0.3) is 0 Å². The molecular formula is C20H21NO3. The minimum Gasteiger partial charge on any atom is -0.481 e. The SMILES string of the molecule is O=C(O)[C@H]1CCN(C(=O)CC(c2ccccc2)c2ccccc2)C1. The molecule has 0 aliphatic carbocycles. The molecule has 4 nitrogen and oxygen atoms in total. The van der Waals surface area contributed by atoms with Crippen LogP contribution in [0.3, 0.4) is 0 Å². The molecule has 0 saturated carbocycles. The average molecular weight is 323 g/mol. The van der Waals surface area contributed by atoms with Crippen molar-refractivity contribution in [3.63, 3.8) is 0 Å². The van der Waals surface area contributed by atoms with Crippen molar-refractivity contribution in [3.8, 4) is 0 Å². The van der Waals surface area contributed by atoms with E-state index in [2.05, 4.69) is 0 Å². The van der Waals surface area contributed by atoms with Gasteiger partial charge in [-0.3, -0.25) is 9.59 Å². The molecular weight excluding hydrogens is 302 g/mol. The summed E-state index contributed by atoms with van der Waals surface area (Å²) in [6.07, 6.45) is 0.906. The van der Waals surface area contributed by atoms with Gasteiger partial charge in [0.05, 0.1) is 5.92 Å². The third-order valence-electron chi connectivity index (χ3n) is 4.67. The predicted molar refractivity (Wildman–Crippen MR) is 91.7 cm³/mol. The molecule has 3 rings (SSSR count). The summed E-state index contributed by atoms with van der Waals surface area (Å²) in [6, 6.07) is 20.0. The van der Waals surface area contributed by atoms with E-state index in [-0.39, 0.29) is 11.8 Å². The Kier molecular flexibility index (Phi) is 4.94. The van der Waals surface area contributed by atoms with E-state index < -0.39 is 11.9 Å². The van der Waals surface area contributed by atoms with E-state index >= 15 is 0 Å². The molecule has 2 aromatic carbocycles. The van der Waals surface area contributed by atoms with Gasteiger partial charge in [-0.15, -0.1) is 0 Å². The molecule has 4 heteroatoms. The number of nitrogens with zero attached hydrogens (tertiary/aromatic N) is 1. The highest BCUT2D eigenvalue weighted by Gasteiger charge is 2.32. The molecule has 1 aliphatic heterocycles. The van der Waals surface area contributed by atoms with Crippen molar-refractivity contribution in [1.29, 1.82) is 0 Å². The van der Waals surface area contributed by atoms with Gasteiger partial charge in [0, 0.05) is 25.4 Å². The summed E-state index contributed by atoms with van der Waals surface area (Å²) >= 11 is 0. The number of likely N-dealkylation sites (tertiary alicyclic amines) is 1. The van der Waals surface area contributed by atoms with Crippen LogP contribution < -0.4 is 0 Å². The first-order valence-corrected chi connectivity index (χ1v) is 8.25. The molecule has 124 valence electrons. The Morgan fingerprint density at radius 1 is 1.00 bits per heavy atom. The Morgan fingerprint density at radius 3 is 2.00 bits per heavy atom. The molecule has 1 N–H and O–H groups in total. The molecule has 1 heterocycles. The molecule has 24 heavy (non-hydrogen) atoms. The van der Waals surface area contributed by atoms with E-state index in [1.165, 1.54) is 0 Å². The highest BCUT2D eigenvalue weighted by atomic mass is 16.4. The Balaban J connectivity index is 1.78. The number of carboxylic acid groups (broad SMARTS) is 1. The summed E-state index contributed by atoms with van der Waals surface area (Å²) in [5, 5.41) is 9.11. The van der Waals surface area contributed by atoms with Gasteiger partial charge in [-0.25, -0.2) is 0 Å². The quantitative estimate of drug-likeness (QED) is 0.919. The van der Waals surface area contributed by atoms with Crippen LogP contribution in [-0.2, 0) is 9.59 Å². The van der Waals surface area contributed by atoms with E-state index in [1.807, 2.05) is 60.7 Å². The van der Waals surface area contributed by atoms with Crippen LogP contribution >= 0.6 is 0 Å². The molecule has 0 radical (unpaired) electrons. The van der Waals surface area contributed by atoms with Crippen molar-refractivity contribution < 1.29 is 14.7 Å². The summed E-state index contributed by atoms with van der Waals surface area (Å²) < 4.78 is 0. The normalized spacial score (nSPS) is 17.2. The van der Waals surface area contributed by atoms with Gasteiger partial charge in [-0.1, -0.05) is 60.7 Å². The van der Waals surface area contributed by atoms with Gasteiger partial charge < -0.3 is 10.0 Å². The minimum atomic E-state index is -0.812. The lowest BCUT2D eigenvalue weighted by molar-refractivity contribution is -0.141. The number of amides is 1. The minimum absolute atomic E-state index is 0.0104. The molecule has 0 bridgehead atoms. The number of hydrogen-bond acceptors (Lipinski definition) is 2.